The van der Waals surface area contributed by atoms with Gasteiger partial charge in [0.25, 0.3) is 0 Å². The average Bonchev–Trinajstić information content (AvgIpc) is 2.40. The van der Waals surface area contributed by atoms with Crippen molar-refractivity contribution < 1.29 is 13.5 Å². The van der Waals surface area contributed by atoms with E-state index in [9.17, 15) is 13.5 Å². The third-order valence-electron chi connectivity index (χ3n) is 4.80. The van der Waals surface area contributed by atoms with Gasteiger partial charge in [0.1, 0.15) is 0 Å². The van der Waals surface area contributed by atoms with Gasteiger partial charge in [-0.05, 0) is 25.2 Å². The van der Waals surface area contributed by atoms with Crippen LogP contribution < -0.4 is 0 Å². The molecule has 2 aliphatic rings. The molecular formula is C14H28N2O3S. The lowest BCUT2D eigenvalue weighted by molar-refractivity contribution is -0.00989. The van der Waals surface area contributed by atoms with Gasteiger partial charge in [0.2, 0.25) is 10.0 Å². The molecule has 0 radical (unpaired) electrons. The van der Waals surface area contributed by atoms with Crippen LogP contribution in [0.2, 0.25) is 0 Å². The Kier molecular flexibility index (Phi) is 5.45. The van der Waals surface area contributed by atoms with Crippen LogP contribution in [0.15, 0.2) is 0 Å². The van der Waals surface area contributed by atoms with Gasteiger partial charge in [0.05, 0.1) is 12.4 Å². The lowest BCUT2D eigenvalue weighted by atomic mass is 9.80. The molecule has 0 aromatic heterocycles. The van der Waals surface area contributed by atoms with Crippen molar-refractivity contribution in [2.45, 2.75) is 51.2 Å². The first kappa shape index (κ1) is 16.2. The highest BCUT2D eigenvalue weighted by Gasteiger charge is 2.35. The van der Waals surface area contributed by atoms with Crippen LogP contribution in [0.3, 0.4) is 0 Å². The summed E-state index contributed by atoms with van der Waals surface area (Å²) in [4.78, 5) is 2.30. The normalized spacial score (nSPS) is 34.2. The van der Waals surface area contributed by atoms with E-state index in [4.69, 9.17) is 0 Å². The summed E-state index contributed by atoms with van der Waals surface area (Å²) in [5.41, 5.74) is 0. The van der Waals surface area contributed by atoms with Gasteiger partial charge in [-0.25, -0.2) is 8.42 Å². The van der Waals surface area contributed by atoms with Gasteiger partial charge in [-0.2, -0.15) is 4.31 Å². The zero-order valence-corrected chi connectivity index (χ0v) is 13.5. The first-order chi connectivity index (χ1) is 9.41. The Balaban J connectivity index is 1.91. The molecule has 1 N–H and O–H groups in total. The molecule has 2 rings (SSSR count). The molecule has 0 aromatic rings. The third kappa shape index (κ3) is 3.93. The molecule has 0 bridgehead atoms. The standard InChI is InChI=1S/C14H28N2O3S/c1-3-4-12-5-6-14(17)13(11-12)15-7-9-16(10-8-15)20(2,18)19/h12-14,17H,3-11H2,1-2H3. The number of nitrogens with zero attached hydrogens (tertiary/aromatic N) is 2. The summed E-state index contributed by atoms with van der Waals surface area (Å²) in [7, 11) is -3.07. The lowest BCUT2D eigenvalue weighted by Crippen LogP contribution is -2.56. The molecule has 1 aliphatic heterocycles. The van der Waals surface area contributed by atoms with E-state index in [1.807, 2.05) is 0 Å². The fourth-order valence-corrected chi connectivity index (χ4v) is 4.47. The summed E-state index contributed by atoms with van der Waals surface area (Å²) in [6, 6.07) is 0.224. The average molecular weight is 304 g/mol. The van der Waals surface area contributed by atoms with Crippen LogP contribution in [0, 0.1) is 5.92 Å². The largest absolute Gasteiger partial charge is 0.391 e. The Hall–Kier alpha value is -0.170. The zero-order chi connectivity index (χ0) is 14.8. The summed E-state index contributed by atoms with van der Waals surface area (Å²) < 4.78 is 24.6. The van der Waals surface area contributed by atoms with Crippen molar-refractivity contribution >= 4 is 10.0 Å². The van der Waals surface area contributed by atoms with Gasteiger partial charge in [0.15, 0.2) is 0 Å². The highest BCUT2D eigenvalue weighted by Crippen LogP contribution is 2.31. The summed E-state index contributed by atoms with van der Waals surface area (Å²) >= 11 is 0. The van der Waals surface area contributed by atoms with E-state index in [0.29, 0.717) is 13.1 Å². The molecule has 0 aromatic carbocycles. The second-order valence-corrected chi connectivity index (χ2v) is 8.28. The van der Waals surface area contributed by atoms with Gasteiger partial charge in [0, 0.05) is 32.2 Å². The Bertz CT molecular complexity index is 405. The van der Waals surface area contributed by atoms with Crippen LogP contribution in [0.25, 0.3) is 0 Å². The Morgan fingerprint density at radius 3 is 2.35 bits per heavy atom. The molecule has 1 saturated heterocycles. The van der Waals surface area contributed by atoms with Crippen LogP contribution in [-0.4, -0.2) is 67.3 Å². The van der Waals surface area contributed by atoms with Crippen LogP contribution in [0.5, 0.6) is 0 Å². The summed E-state index contributed by atoms with van der Waals surface area (Å²) in [5, 5.41) is 10.3. The zero-order valence-electron chi connectivity index (χ0n) is 12.7. The van der Waals surface area contributed by atoms with Crippen molar-refractivity contribution in [1.29, 1.82) is 0 Å². The molecule has 5 nitrogen and oxygen atoms in total. The van der Waals surface area contributed by atoms with Crippen LogP contribution in [-0.2, 0) is 10.0 Å². The van der Waals surface area contributed by atoms with Crippen molar-refractivity contribution in [3.63, 3.8) is 0 Å². The minimum atomic E-state index is -3.07. The predicted molar refractivity (Wildman–Crippen MR) is 80.0 cm³/mol. The summed E-state index contributed by atoms with van der Waals surface area (Å²) in [5.74, 6) is 0.723. The number of hydrogen-bond donors (Lipinski definition) is 1. The molecule has 3 atom stereocenters. The fraction of sp³-hybridized carbons (Fsp3) is 1.00. The molecule has 0 amide bonds. The molecule has 6 heteroatoms. The Morgan fingerprint density at radius 2 is 1.80 bits per heavy atom. The van der Waals surface area contributed by atoms with Crippen molar-refractivity contribution in [3.05, 3.63) is 0 Å². The molecule has 1 heterocycles. The van der Waals surface area contributed by atoms with Crippen LogP contribution >= 0.6 is 0 Å². The maximum Gasteiger partial charge on any atom is 0.211 e. The number of hydrogen-bond acceptors (Lipinski definition) is 4. The van der Waals surface area contributed by atoms with E-state index < -0.39 is 10.0 Å². The van der Waals surface area contributed by atoms with E-state index >= 15 is 0 Å². The van der Waals surface area contributed by atoms with Crippen molar-refractivity contribution in [3.8, 4) is 0 Å². The highest BCUT2D eigenvalue weighted by molar-refractivity contribution is 7.88. The SMILES string of the molecule is CCCC1CCC(O)C(N2CCN(S(C)(=O)=O)CC2)C1. The van der Waals surface area contributed by atoms with E-state index in [1.54, 1.807) is 4.31 Å². The minimum absolute atomic E-state index is 0.224. The Labute approximate surface area is 123 Å². The van der Waals surface area contributed by atoms with Crippen LogP contribution in [0.4, 0.5) is 0 Å². The van der Waals surface area contributed by atoms with Gasteiger partial charge in [-0.1, -0.05) is 19.8 Å². The van der Waals surface area contributed by atoms with Gasteiger partial charge >= 0.3 is 0 Å². The second-order valence-electron chi connectivity index (χ2n) is 6.30. The van der Waals surface area contributed by atoms with Gasteiger partial charge in [-0.3, -0.25) is 4.90 Å². The van der Waals surface area contributed by atoms with Crippen molar-refractivity contribution in [2.75, 3.05) is 32.4 Å². The van der Waals surface area contributed by atoms with Crippen molar-refractivity contribution in [1.82, 2.24) is 9.21 Å². The van der Waals surface area contributed by atoms with E-state index in [1.165, 1.54) is 19.1 Å². The van der Waals surface area contributed by atoms with E-state index in [0.717, 1.165) is 38.3 Å². The number of rotatable bonds is 4. The lowest BCUT2D eigenvalue weighted by Gasteiger charge is -2.44. The number of aliphatic hydroxyl groups is 1. The maximum atomic E-state index is 11.5. The molecular weight excluding hydrogens is 276 g/mol. The predicted octanol–water partition coefficient (Wildman–Crippen LogP) is 0.893. The molecule has 0 spiro atoms. The monoisotopic (exact) mass is 304 g/mol. The summed E-state index contributed by atoms with van der Waals surface area (Å²) in [6.45, 7) is 4.81. The second kappa shape index (κ2) is 6.73. The molecule has 20 heavy (non-hydrogen) atoms. The quantitative estimate of drug-likeness (QED) is 0.838. The van der Waals surface area contributed by atoms with E-state index in [2.05, 4.69) is 11.8 Å². The molecule has 1 aliphatic carbocycles. The maximum absolute atomic E-state index is 11.5. The summed E-state index contributed by atoms with van der Waals surface area (Å²) in [6.07, 6.45) is 6.56. The molecule has 1 saturated carbocycles. The minimum Gasteiger partial charge on any atom is -0.391 e. The van der Waals surface area contributed by atoms with Gasteiger partial charge in [-0.15, -0.1) is 0 Å². The first-order valence-corrected chi connectivity index (χ1v) is 9.64. The molecule has 118 valence electrons. The smallest absolute Gasteiger partial charge is 0.211 e. The highest BCUT2D eigenvalue weighted by atomic mass is 32.2. The Morgan fingerprint density at radius 1 is 1.15 bits per heavy atom. The first-order valence-electron chi connectivity index (χ1n) is 7.79. The number of aliphatic hydroxyl groups excluding tert-OH is 1. The molecule has 2 fully saturated rings. The van der Waals surface area contributed by atoms with Crippen LogP contribution in [0.1, 0.15) is 39.0 Å². The molecule has 3 unspecified atom stereocenters. The van der Waals surface area contributed by atoms with E-state index in [-0.39, 0.29) is 12.1 Å². The fourth-order valence-electron chi connectivity index (χ4n) is 3.65. The van der Waals surface area contributed by atoms with Crippen molar-refractivity contribution in [2.24, 2.45) is 5.92 Å². The topological polar surface area (TPSA) is 60.9 Å². The third-order valence-corrected chi connectivity index (χ3v) is 6.10. The van der Waals surface area contributed by atoms with Gasteiger partial charge < -0.3 is 5.11 Å². The number of piperazine rings is 1. The number of sulfonamides is 1.